The molecule has 1 amide bonds. The van der Waals surface area contributed by atoms with Crippen LogP contribution in [0.5, 0.6) is 0 Å². The Kier molecular flexibility index (Phi) is 4.62. The first-order chi connectivity index (χ1) is 13.2. The molecule has 0 bridgehead atoms. The Morgan fingerprint density at radius 1 is 0.889 bits per heavy atom. The van der Waals surface area contributed by atoms with Gasteiger partial charge in [-0.15, -0.1) is 0 Å². The third-order valence-corrected chi connectivity index (χ3v) is 4.55. The quantitative estimate of drug-likeness (QED) is 0.530. The second-order valence-corrected chi connectivity index (χ2v) is 6.41. The molecule has 0 atom stereocenters. The van der Waals surface area contributed by atoms with Crippen molar-refractivity contribution >= 4 is 22.5 Å². The second-order valence-electron chi connectivity index (χ2n) is 6.41. The summed E-state index contributed by atoms with van der Waals surface area (Å²) in [4.78, 5) is 23.9. The number of carbonyl (C=O) groups is 1. The van der Waals surface area contributed by atoms with Crippen molar-refractivity contribution in [2.45, 2.75) is 13.5 Å². The molecule has 0 fully saturated rings. The predicted octanol–water partition coefficient (Wildman–Crippen LogP) is 4.79. The number of amides is 1. The zero-order valence-electron chi connectivity index (χ0n) is 15.0. The van der Waals surface area contributed by atoms with E-state index in [0.717, 1.165) is 27.8 Å². The number of pyridine rings is 2. The van der Waals surface area contributed by atoms with Crippen LogP contribution in [0.25, 0.3) is 10.9 Å². The summed E-state index contributed by atoms with van der Waals surface area (Å²) in [6, 6.07) is 23.1. The van der Waals surface area contributed by atoms with Gasteiger partial charge in [-0.05, 0) is 55.0 Å². The minimum absolute atomic E-state index is 0.0549. The topological polar surface area (TPSA) is 46.1 Å². The normalized spacial score (nSPS) is 10.7. The molecule has 4 heteroatoms. The van der Waals surface area contributed by atoms with Gasteiger partial charge < -0.3 is 4.90 Å². The number of hydrogen-bond acceptors (Lipinski definition) is 3. The molecule has 0 N–H and O–H groups in total. The summed E-state index contributed by atoms with van der Waals surface area (Å²) in [6.07, 6.45) is 3.50. The number of aryl methyl sites for hydroxylation is 1. The number of anilines is 1. The third-order valence-electron chi connectivity index (χ3n) is 4.55. The third kappa shape index (κ3) is 3.55. The Balaban J connectivity index is 1.76. The molecule has 4 aromatic rings. The van der Waals surface area contributed by atoms with Gasteiger partial charge in [-0.25, -0.2) is 0 Å². The highest BCUT2D eigenvalue weighted by atomic mass is 16.2. The summed E-state index contributed by atoms with van der Waals surface area (Å²) >= 11 is 0. The number of aromatic nitrogens is 2. The average Bonchev–Trinajstić information content (AvgIpc) is 2.72. The fourth-order valence-corrected chi connectivity index (χ4v) is 3.15. The molecule has 0 radical (unpaired) electrons. The number of fused-ring (bicyclic) bond motifs is 1. The summed E-state index contributed by atoms with van der Waals surface area (Å²) in [5.41, 5.74) is 4.29. The van der Waals surface area contributed by atoms with Gasteiger partial charge in [-0.3, -0.25) is 14.8 Å². The standard InChI is InChI=1S/C23H19N3O/c1-17-7-2-3-10-22(17)26(16-20-9-4-5-13-24-20)23(27)19-11-12-21-18(15-19)8-6-14-25-21/h2-15H,16H2,1H3. The van der Waals surface area contributed by atoms with E-state index in [2.05, 4.69) is 9.97 Å². The molecule has 0 aliphatic rings. The highest BCUT2D eigenvalue weighted by Crippen LogP contribution is 2.24. The maximum absolute atomic E-state index is 13.4. The van der Waals surface area contributed by atoms with E-state index in [-0.39, 0.29) is 5.91 Å². The van der Waals surface area contributed by atoms with Crippen LogP contribution in [-0.4, -0.2) is 15.9 Å². The molecule has 0 aliphatic carbocycles. The van der Waals surface area contributed by atoms with Gasteiger partial charge in [0.1, 0.15) is 0 Å². The lowest BCUT2D eigenvalue weighted by Gasteiger charge is -2.24. The molecule has 0 unspecified atom stereocenters. The molecule has 0 spiro atoms. The first-order valence-corrected chi connectivity index (χ1v) is 8.84. The van der Waals surface area contributed by atoms with Crippen LogP contribution >= 0.6 is 0 Å². The van der Waals surface area contributed by atoms with Gasteiger partial charge in [-0.1, -0.05) is 30.3 Å². The van der Waals surface area contributed by atoms with Gasteiger partial charge in [0.2, 0.25) is 0 Å². The molecule has 0 saturated carbocycles. The molecule has 4 nitrogen and oxygen atoms in total. The summed E-state index contributed by atoms with van der Waals surface area (Å²) < 4.78 is 0. The van der Waals surface area contributed by atoms with Crippen molar-refractivity contribution in [1.82, 2.24) is 9.97 Å². The number of benzene rings is 2. The lowest BCUT2D eigenvalue weighted by molar-refractivity contribution is 0.0985. The Morgan fingerprint density at radius 2 is 1.70 bits per heavy atom. The minimum Gasteiger partial charge on any atom is -0.302 e. The molecule has 27 heavy (non-hydrogen) atoms. The van der Waals surface area contributed by atoms with Crippen molar-refractivity contribution < 1.29 is 4.79 Å². The first-order valence-electron chi connectivity index (χ1n) is 8.84. The lowest BCUT2D eigenvalue weighted by Crippen LogP contribution is -2.31. The second kappa shape index (κ2) is 7.38. The fourth-order valence-electron chi connectivity index (χ4n) is 3.15. The highest BCUT2D eigenvalue weighted by Gasteiger charge is 2.20. The van der Waals surface area contributed by atoms with Crippen molar-refractivity contribution in [3.05, 3.63) is 102 Å². The number of carbonyl (C=O) groups excluding carboxylic acids is 1. The fraction of sp³-hybridized carbons (Fsp3) is 0.0870. The zero-order valence-corrected chi connectivity index (χ0v) is 15.0. The molecule has 4 rings (SSSR count). The van der Waals surface area contributed by atoms with E-state index in [1.165, 1.54) is 0 Å². The van der Waals surface area contributed by atoms with E-state index in [4.69, 9.17) is 0 Å². The zero-order chi connectivity index (χ0) is 18.6. The van der Waals surface area contributed by atoms with Crippen LogP contribution in [0, 0.1) is 6.92 Å². The van der Waals surface area contributed by atoms with Crippen molar-refractivity contribution in [3.8, 4) is 0 Å². The van der Waals surface area contributed by atoms with Crippen molar-refractivity contribution in [2.75, 3.05) is 4.90 Å². The molecule has 2 heterocycles. The maximum Gasteiger partial charge on any atom is 0.258 e. The van der Waals surface area contributed by atoms with Crippen LogP contribution in [0.3, 0.4) is 0 Å². The van der Waals surface area contributed by atoms with Gasteiger partial charge in [0.15, 0.2) is 0 Å². The van der Waals surface area contributed by atoms with E-state index < -0.39 is 0 Å². The van der Waals surface area contributed by atoms with Crippen molar-refractivity contribution in [1.29, 1.82) is 0 Å². The van der Waals surface area contributed by atoms with E-state index >= 15 is 0 Å². The van der Waals surface area contributed by atoms with Gasteiger partial charge in [0, 0.05) is 29.0 Å². The van der Waals surface area contributed by atoms with E-state index in [9.17, 15) is 4.79 Å². The van der Waals surface area contributed by atoms with Crippen LogP contribution in [0.15, 0.2) is 85.2 Å². The van der Waals surface area contributed by atoms with Crippen molar-refractivity contribution in [2.24, 2.45) is 0 Å². The smallest absolute Gasteiger partial charge is 0.258 e. The van der Waals surface area contributed by atoms with Crippen molar-refractivity contribution in [3.63, 3.8) is 0 Å². The summed E-state index contributed by atoms with van der Waals surface area (Å²) in [5.74, 6) is -0.0549. The molecular weight excluding hydrogens is 334 g/mol. The van der Waals surface area contributed by atoms with Crippen LogP contribution in [0.1, 0.15) is 21.6 Å². The van der Waals surface area contributed by atoms with Crippen LogP contribution in [0.4, 0.5) is 5.69 Å². The summed E-state index contributed by atoms with van der Waals surface area (Å²) in [7, 11) is 0. The Morgan fingerprint density at radius 3 is 2.52 bits per heavy atom. The number of para-hydroxylation sites is 1. The van der Waals surface area contributed by atoms with Crippen LogP contribution in [0.2, 0.25) is 0 Å². The molecule has 0 saturated heterocycles. The SMILES string of the molecule is Cc1ccccc1N(Cc1ccccn1)C(=O)c1ccc2ncccc2c1. The average molecular weight is 353 g/mol. The molecule has 0 aliphatic heterocycles. The van der Waals surface area contributed by atoms with Gasteiger partial charge in [0.25, 0.3) is 5.91 Å². The minimum atomic E-state index is -0.0549. The van der Waals surface area contributed by atoms with E-state index in [0.29, 0.717) is 12.1 Å². The molecule has 2 aromatic carbocycles. The first kappa shape index (κ1) is 16.9. The Hall–Kier alpha value is -3.53. The van der Waals surface area contributed by atoms with Gasteiger partial charge in [0.05, 0.1) is 17.8 Å². The monoisotopic (exact) mass is 353 g/mol. The Labute approximate surface area is 158 Å². The van der Waals surface area contributed by atoms with Gasteiger partial charge >= 0.3 is 0 Å². The van der Waals surface area contributed by atoms with E-state index in [1.807, 2.05) is 79.7 Å². The summed E-state index contributed by atoms with van der Waals surface area (Å²) in [6.45, 7) is 2.42. The Bertz CT molecular complexity index is 1090. The van der Waals surface area contributed by atoms with E-state index in [1.54, 1.807) is 17.3 Å². The van der Waals surface area contributed by atoms with Crippen LogP contribution < -0.4 is 4.90 Å². The highest BCUT2D eigenvalue weighted by molar-refractivity contribution is 6.08. The number of rotatable bonds is 4. The number of hydrogen-bond donors (Lipinski definition) is 0. The molecular formula is C23H19N3O. The maximum atomic E-state index is 13.4. The molecule has 2 aromatic heterocycles. The summed E-state index contributed by atoms with van der Waals surface area (Å²) in [5, 5.41) is 0.950. The predicted molar refractivity (Wildman–Crippen MR) is 108 cm³/mol. The largest absolute Gasteiger partial charge is 0.302 e. The van der Waals surface area contributed by atoms with Gasteiger partial charge in [-0.2, -0.15) is 0 Å². The van der Waals surface area contributed by atoms with Crippen LogP contribution in [-0.2, 0) is 6.54 Å². The lowest BCUT2D eigenvalue weighted by atomic mass is 10.1. The molecule has 132 valence electrons. The number of nitrogens with zero attached hydrogens (tertiary/aromatic N) is 3.